The smallest absolute Gasteiger partial charge is 0.325 e. The van der Waals surface area contributed by atoms with E-state index in [9.17, 15) is 18.0 Å². The van der Waals surface area contributed by atoms with Crippen LogP contribution in [0.25, 0.3) is 0 Å². The number of carbonyl (C=O) groups is 2. The van der Waals surface area contributed by atoms with Gasteiger partial charge < -0.3 is 10.1 Å². The highest BCUT2D eigenvalue weighted by Crippen LogP contribution is 2.26. The van der Waals surface area contributed by atoms with Crippen molar-refractivity contribution in [2.75, 3.05) is 13.1 Å². The lowest BCUT2D eigenvalue weighted by atomic mass is 10.1. The molecule has 1 aromatic carbocycles. The van der Waals surface area contributed by atoms with E-state index in [2.05, 4.69) is 11.9 Å². The van der Waals surface area contributed by atoms with Crippen molar-refractivity contribution in [3.8, 4) is 0 Å². The average Bonchev–Trinajstić information content (AvgIpc) is 2.66. The van der Waals surface area contributed by atoms with E-state index in [0.29, 0.717) is 12.8 Å². The van der Waals surface area contributed by atoms with Crippen LogP contribution in [0.1, 0.15) is 31.7 Å². The van der Waals surface area contributed by atoms with Crippen LogP contribution in [-0.2, 0) is 24.3 Å². The number of carbonyl (C=O) groups excluding carboxylic acids is 2. The van der Waals surface area contributed by atoms with Crippen LogP contribution in [0.3, 0.4) is 0 Å². The minimum Gasteiger partial charge on any atom is -0.451 e. The van der Waals surface area contributed by atoms with Crippen LogP contribution in [-0.4, -0.2) is 49.8 Å². The van der Waals surface area contributed by atoms with Crippen LogP contribution >= 0.6 is 0 Å². The van der Waals surface area contributed by atoms with E-state index in [4.69, 9.17) is 4.74 Å². The predicted molar refractivity (Wildman–Crippen MR) is 101 cm³/mol. The van der Waals surface area contributed by atoms with Crippen LogP contribution in [0.5, 0.6) is 0 Å². The van der Waals surface area contributed by atoms with Crippen molar-refractivity contribution in [2.24, 2.45) is 0 Å². The van der Waals surface area contributed by atoms with Gasteiger partial charge in [0.1, 0.15) is 6.04 Å². The van der Waals surface area contributed by atoms with Gasteiger partial charge in [0.15, 0.2) is 6.10 Å². The molecular formula is C19H26N2O5S. The van der Waals surface area contributed by atoms with Crippen molar-refractivity contribution >= 4 is 21.9 Å². The second kappa shape index (κ2) is 9.14. The molecule has 1 fully saturated rings. The fraction of sp³-hybridized carbons (Fsp3) is 0.474. The Labute approximate surface area is 160 Å². The molecule has 0 saturated carbocycles. The molecule has 7 nitrogen and oxygen atoms in total. The summed E-state index contributed by atoms with van der Waals surface area (Å²) < 4.78 is 32.4. The number of ether oxygens (including phenoxy) is 1. The summed E-state index contributed by atoms with van der Waals surface area (Å²) in [7, 11) is -3.82. The largest absolute Gasteiger partial charge is 0.451 e. The molecule has 0 radical (unpaired) electrons. The topological polar surface area (TPSA) is 92.8 Å². The number of rotatable bonds is 7. The van der Waals surface area contributed by atoms with E-state index >= 15 is 0 Å². The SMILES string of the molecule is C=CCNC(=O)[C@H](C)OC(=O)[C@@H]1CCCCN1S(=O)(=O)c1ccc(C)cc1. The predicted octanol–water partition coefficient (Wildman–Crippen LogP) is 1.77. The summed E-state index contributed by atoms with van der Waals surface area (Å²) in [5.74, 6) is -1.15. The molecule has 1 aromatic rings. The van der Waals surface area contributed by atoms with Crippen LogP contribution in [0.4, 0.5) is 0 Å². The maximum Gasteiger partial charge on any atom is 0.325 e. The van der Waals surface area contributed by atoms with Crippen molar-refractivity contribution in [1.82, 2.24) is 9.62 Å². The summed E-state index contributed by atoms with van der Waals surface area (Å²) in [6.07, 6.45) is 2.26. The van der Waals surface area contributed by atoms with Gasteiger partial charge in [0.25, 0.3) is 5.91 Å². The standard InChI is InChI=1S/C19H26N2O5S/c1-4-12-20-18(22)15(3)26-19(23)17-7-5-6-13-21(17)27(24,25)16-10-8-14(2)9-11-16/h4,8-11,15,17H,1,5-7,12-13H2,2-3H3,(H,20,22)/t15-,17-/m0/s1. The highest BCUT2D eigenvalue weighted by molar-refractivity contribution is 7.89. The van der Waals surface area contributed by atoms with Crippen LogP contribution in [0.2, 0.25) is 0 Å². The maximum absolute atomic E-state index is 13.0. The summed E-state index contributed by atoms with van der Waals surface area (Å²) in [4.78, 5) is 24.6. The number of aryl methyl sites for hydroxylation is 1. The molecule has 1 saturated heterocycles. The Morgan fingerprint density at radius 3 is 2.63 bits per heavy atom. The summed E-state index contributed by atoms with van der Waals surface area (Å²) in [6, 6.07) is 5.58. The van der Waals surface area contributed by atoms with Gasteiger partial charge in [-0.15, -0.1) is 6.58 Å². The first kappa shape index (κ1) is 21.1. The summed E-state index contributed by atoms with van der Waals surface area (Å²) in [5.41, 5.74) is 0.947. The van der Waals surface area contributed by atoms with Gasteiger partial charge in [0.05, 0.1) is 4.90 Å². The van der Waals surface area contributed by atoms with E-state index in [-0.39, 0.29) is 18.0 Å². The van der Waals surface area contributed by atoms with Gasteiger partial charge in [0, 0.05) is 13.1 Å². The summed E-state index contributed by atoms with van der Waals surface area (Å²) in [5, 5.41) is 2.55. The molecular weight excluding hydrogens is 368 g/mol. The number of hydrogen-bond acceptors (Lipinski definition) is 5. The number of piperidine rings is 1. The number of amides is 1. The normalized spacial score (nSPS) is 19.1. The van der Waals surface area contributed by atoms with Crippen molar-refractivity contribution in [1.29, 1.82) is 0 Å². The van der Waals surface area contributed by atoms with Gasteiger partial charge in [-0.1, -0.05) is 23.8 Å². The molecule has 2 atom stereocenters. The van der Waals surface area contributed by atoms with Crippen molar-refractivity contribution in [3.05, 3.63) is 42.5 Å². The highest BCUT2D eigenvalue weighted by Gasteiger charge is 2.39. The number of benzene rings is 1. The Balaban J connectivity index is 2.16. The number of nitrogens with one attached hydrogen (secondary N) is 1. The quantitative estimate of drug-likeness (QED) is 0.562. The number of sulfonamides is 1. The molecule has 27 heavy (non-hydrogen) atoms. The Kier molecular flexibility index (Phi) is 7.15. The van der Waals surface area contributed by atoms with E-state index in [1.807, 2.05) is 6.92 Å². The lowest BCUT2D eigenvalue weighted by molar-refractivity contribution is -0.159. The molecule has 0 unspecified atom stereocenters. The van der Waals surface area contributed by atoms with Crippen LogP contribution in [0.15, 0.2) is 41.8 Å². The lowest BCUT2D eigenvalue weighted by Gasteiger charge is -2.33. The van der Waals surface area contributed by atoms with Crippen LogP contribution < -0.4 is 5.32 Å². The monoisotopic (exact) mass is 394 g/mol. The zero-order chi connectivity index (χ0) is 20.0. The molecule has 1 heterocycles. The molecule has 0 aliphatic carbocycles. The molecule has 1 N–H and O–H groups in total. The molecule has 0 bridgehead atoms. The lowest BCUT2D eigenvalue weighted by Crippen LogP contribution is -2.50. The zero-order valence-electron chi connectivity index (χ0n) is 15.7. The Morgan fingerprint density at radius 1 is 1.33 bits per heavy atom. The number of hydrogen-bond donors (Lipinski definition) is 1. The van der Waals surface area contributed by atoms with Gasteiger partial charge in [-0.3, -0.25) is 9.59 Å². The van der Waals surface area contributed by atoms with Crippen molar-refractivity contribution in [2.45, 2.75) is 50.2 Å². The Morgan fingerprint density at radius 2 is 2.00 bits per heavy atom. The molecule has 0 aromatic heterocycles. The molecule has 148 valence electrons. The minimum absolute atomic E-state index is 0.143. The first-order valence-electron chi connectivity index (χ1n) is 8.95. The summed E-state index contributed by atoms with van der Waals surface area (Å²) in [6.45, 7) is 7.33. The van der Waals surface area contributed by atoms with E-state index < -0.39 is 34.0 Å². The van der Waals surface area contributed by atoms with E-state index in [1.165, 1.54) is 29.4 Å². The first-order valence-corrected chi connectivity index (χ1v) is 10.4. The molecule has 1 amide bonds. The second-order valence-electron chi connectivity index (χ2n) is 6.55. The second-order valence-corrected chi connectivity index (χ2v) is 8.44. The average molecular weight is 394 g/mol. The van der Waals surface area contributed by atoms with Crippen molar-refractivity contribution in [3.63, 3.8) is 0 Å². The fourth-order valence-corrected chi connectivity index (χ4v) is 4.54. The van der Waals surface area contributed by atoms with Crippen molar-refractivity contribution < 1.29 is 22.7 Å². The molecule has 2 rings (SSSR count). The Bertz CT molecular complexity index is 789. The highest BCUT2D eigenvalue weighted by atomic mass is 32.2. The number of esters is 1. The first-order chi connectivity index (χ1) is 12.8. The molecule has 0 spiro atoms. The molecule has 1 aliphatic heterocycles. The Hall–Kier alpha value is -2.19. The third kappa shape index (κ3) is 5.17. The van der Waals surface area contributed by atoms with Gasteiger partial charge in [-0.2, -0.15) is 4.31 Å². The van der Waals surface area contributed by atoms with E-state index in [1.54, 1.807) is 12.1 Å². The van der Waals surface area contributed by atoms with Gasteiger partial charge in [-0.05, 0) is 45.2 Å². The van der Waals surface area contributed by atoms with Gasteiger partial charge in [0.2, 0.25) is 10.0 Å². The molecule has 1 aliphatic rings. The van der Waals surface area contributed by atoms with Gasteiger partial charge >= 0.3 is 5.97 Å². The maximum atomic E-state index is 13.0. The van der Waals surface area contributed by atoms with E-state index in [0.717, 1.165) is 12.0 Å². The minimum atomic E-state index is -3.82. The zero-order valence-corrected chi connectivity index (χ0v) is 16.5. The third-order valence-corrected chi connectivity index (χ3v) is 6.36. The van der Waals surface area contributed by atoms with Crippen LogP contribution in [0, 0.1) is 6.92 Å². The number of nitrogens with zero attached hydrogens (tertiary/aromatic N) is 1. The van der Waals surface area contributed by atoms with Gasteiger partial charge in [-0.25, -0.2) is 8.42 Å². The third-order valence-electron chi connectivity index (χ3n) is 4.44. The molecule has 8 heteroatoms. The summed E-state index contributed by atoms with van der Waals surface area (Å²) >= 11 is 0. The fourth-order valence-electron chi connectivity index (χ4n) is 2.90.